The van der Waals surface area contributed by atoms with Gasteiger partial charge in [-0.25, -0.2) is 17.8 Å². The largest absolute Gasteiger partial charge is 0.451 e. The van der Waals surface area contributed by atoms with E-state index in [4.69, 9.17) is 4.42 Å². The van der Waals surface area contributed by atoms with E-state index in [0.717, 1.165) is 30.0 Å². The lowest BCUT2D eigenvalue weighted by Crippen LogP contribution is -2.42. The van der Waals surface area contributed by atoms with Crippen LogP contribution in [0.2, 0.25) is 0 Å². The molecule has 0 fully saturated rings. The van der Waals surface area contributed by atoms with Crippen LogP contribution in [0.1, 0.15) is 49.6 Å². The molecule has 198 valence electrons. The van der Waals surface area contributed by atoms with Gasteiger partial charge in [0, 0.05) is 19.7 Å². The quantitative estimate of drug-likeness (QED) is 0.107. The second-order valence-corrected chi connectivity index (χ2v) is 10.6. The molecule has 12 heteroatoms. The predicted octanol–water partition coefficient (Wildman–Crippen LogP) is 2.43. The first-order valence-corrected chi connectivity index (χ1v) is 13.1. The summed E-state index contributed by atoms with van der Waals surface area (Å²) >= 11 is 0. The third-order valence-electron chi connectivity index (χ3n) is 5.54. The predicted molar refractivity (Wildman–Crippen MR) is 132 cm³/mol. The lowest BCUT2D eigenvalue weighted by Gasteiger charge is -2.19. The van der Waals surface area contributed by atoms with Crippen molar-refractivity contribution in [1.82, 2.24) is 20.0 Å². The van der Waals surface area contributed by atoms with Crippen molar-refractivity contribution in [3.8, 4) is 11.3 Å². The summed E-state index contributed by atoms with van der Waals surface area (Å²) in [6, 6.07) is 9.18. The van der Waals surface area contributed by atoms with Crippen LogP contribution in [0.5, 0.6) is 0 Å². The fourth-order valence-corrected chi connectivity index (χ4v) is 4.42. The number of hydrogen-bond acceptors (Lipinski definition) is 7. The van der Waals surface area contributed by atoms with Gasteiger partial charge in [-0.05, 0) is 30.7 Å². The number of carbonyl (C=O) groups is 3. The van der Waals surface area contributed by atoms with Crippen molar-refractivity contribution in [3.63, 3.8) is 0 Å². The molecule has 0 aliphatic rings. The van der Waals surface area contributed by atoms with E-state index in [2.05, 4.69) is 17.6 Å². The van der Waals surface area contributed by atoms with Crippen LogP contribution in [-0.2, 0) is 19.6 Å². The van der Waals surface area contributed by atoms with Crippen LogP contribution in [-0.4, -0.2) is 68.5 Å². The van der Waals surface area contributed by atoms with E-state index in [1.54, 1.807) is 18.2 Å². The fraction of sp³-hybridized carbons (Fsp3) is 0.458. The monoisotopic (exact) mass is 522 g/mol. The van der Waals surface area contributed by atoms with Crippen LogP contribution in [0, 0.1) is 5.92 Å². The first-order valence-electron chi connectivity index (χ1n) is 11.7. The maximum absolute atomic E-state index is 12.5. The Hall–Kier alpha value is -3.22. The summed E-state index contributed by atoms with van der Waals surface area (Å²) in [6.45, 7) is 1.76. The van der Waals surface area contributed by atoms with E-state index in [9.17, 15) is 28.0 Å². The van der Waals surface area contributed by atoms with Crippen molar-refractivity contribution in [2.45, 2.75) is 43.9 Å². The van der Waals surface area contributed by atoms with Crippen LogP contribution in [0.4, 0.5) is 0 Å². The topological polar surface area (TPSA) is 149 Å². The lowest BCUT2D eigenvalue weighted by atomic mass is 9.99. The lowest BCUT2D eigenvalue weighted by molar-refractivity contribution is -0.154. The molecule has 1 aromatic heterocycles. The summed E-state index contributed by atoms with van der Waals surface area (Å²) in [7, 11) is -0.754. The van der Waals surface area contributed by atoms with Gasteiger partial charge in [0.15, 0.2) is 5.76 Å². The van der Waals surface area contributed by atoms with Gasteiger partial charge < -0.3 is 15.1 Å². The zero-order chi connectivity index (χ0) is 26.7. The molecule has 0 saturated heterocycles. The Morgan fingerprint density at radius 1 is 1.11 bits per heavy atom. The van der Waals surface area contributed by atoms with Gasteiger partial charge >= 0.3 is 0 Å². The average molecular weight is 523 g/mol. The Balaban J connectivity index is 1.97. The summed E-state index contributed by atoms with van der Waals surface area (Å²) in [5.74, 6) is -1.29. The minimum Gasteiger partial charge on any atom is -0.451 e. The molecule has 36 heavy (non-hydrogen) atoms. The van der Waals surface area contributed by atoms with Crippen LogP contribution in [0.15, 0.2) is 45.7 Å². The average Bonchev–Trinajstić information content (AvgIpc) is 3.36. The van der Waals surface area contributed by atoms with E-state index in [0.29, 0.717) is 22.8 Å². The number of hydrogen-bond donors (Lipinski definition) is 3. The molecule has 0 unspecified atom stereocenters. The second kappa shape index (κ2) is 13.8. The third-order valence-corrected chi connectivity index (χ3v) is 7.36. The number of rotatable bonds is 15. The molecule has 1 aromatic carbocycles. The van der Waals surface area contributed by atoms with Gasteiger partial charge in [-0.3, -0.25) is 19.6 Å². The minimum absolute atomic E-state index is 0.0151. The van der Waals surface area contributed by atoms with Crippen molar-refractivity contribution >= 4 is 28.2 Å². The number of sulfonamides is 1. The molecular weight excluding hydrogens is 488 g/mol. The van der Waals surface area contributed by atoms with Gasteiger partial charge in [-0.15, -0.1) is 0 Å². The zero-order valence-electron chi connectivity index (χ0n) is 20.8. The van der Waals surface area contributed by atoms with Gasteiger partial charge in [-0.2, -0.15) is 0 Å². The number of nitrogens with one attached hydrogen (secondary N) is 2. The molecule has 2 aromatic rings. The molecule has 0 aliphatic heterocycles. The molecule has 3 N–H and O–H groups in total. The number of amides is 3. The van der Waals surface area contributed by atoms with Crippen LogP contribution in [0.25, 0.3) is 11.3 Å². The van der Waals surface area contributed by atoms with Gasteiger partial charge in [-0.1, -0.05) is 44.7 Å². The molecule has 2 rings (SSSR count). The summed E-state index contributed by atoms with van der Waals surface area (Å²) in [6.07, 6.45) is 4.52. The highest BCUT2D eigenvalue weighted by molar-refractivity contribution is 7.89. The maximum Gasteiger partial charge on any atom is 0.288 e. The number of furan rings is 1. The Morgan fingerprint density at radius 3 is 2.53 bits per heavy atom. The number of nitrogens with zero attached hydrogens (tertiary/aromatic N) is 2. The Labute approximate surface area is 211 Å². The second-order valence-electron chi connectivity index (χ2n) is 8.48. The normalized spacial score (nSPS) is 12.2. The molecule has 11 nitrogen and oxygen atoms in total. The van der Waals surface area contributed by atoms with Crippen molar-refractivity contribution < 1.29 is 32.4 Å². The third kappa shape index (κ3) is 8.18. The maximum atomic E-state index is 12.5. The highest BCUT2D eigenvalue weighted by Gasteiger charge is 2.21. The Kier molecular flexibility index (Phi) is 11.1. The molecule has 1 heterocycles. The van der Waals surface area contributed by atoms with E-state index in [1.165, 1.54) is 32.3 Å². The molecule has 1 atom stereocenters. The van der Waals surface area contributed by atoms with Crippen LogP contribution < -0.4 is 10.6 Å². The standard InChI is InChI=1S/C24H34N4O7S/c1-4-5-6-7-9-19(15-28(32)17-29)23(30)25-16-26-24(31)22-13-12-21(35-22)18-10-8-11-20(14-18)36(33,34)27(2)3/h8,10-14,17,19,32H,4-7,9,15-16H2,1-3H3,(H,25,30)(H,26,31)/t19-/m1/s1. The van der Waals surface area contributed by atoms with Crippen molar-refractivity contribution in [2.24, 2.45) is 5.92 Å². The van der Waals surface area contributed by atoms with Crippen molar-refractivity contribution in [3.05, 3.63) is 42.2 Å². The summed E-state index contributed by atoms with van der Waals surface area (Å²) in [5, 5.41) is 15.1. The number of unbranched alkanes of at least 4 members (excludes halogenated alkanes) is 3. The van der Waals surface area contributed by atoms with E-state index in [-0.39, 0.29) is 30.3 Å². The van der Waals surface area contributed by atoms with Gasteiger partial charge in [0.2, 0.25) is 22.3 Å². The summed E-state index contributed by atoms with van der Waals surface area (Å²) < 4.78 is 31.5. The smallest absolute Gasteiger partial charge is 0.288 e. The molecule has 0 saturated carbocycles. The number of hydroxylamine groups is 2. The van der Waals surface area contributed by atoms with Crippen molar-refractivity contribution in [2.75, 3.05) is 27.3 Å². The molecular formula is C24H34N4O7S. The van der Waals surface area contributed by atoms with Crippen molar-refractivity contribution in [1.29, 1.82) is 0 Å². The molecule has 3 amide bonds. The molecule has 0 radical (unpaired) electrons. The number of benzene rings is 1. The van der Waals surface area contributed by atoms with Gasteiger partial charge in [0.1, 0.15) is 5.76 Å². The SMILES string of the molecule is CCCCCC[C@H](CN(O)C=O)C(=O)NCNC(=O)c1ccc(-c2cccc(S(=O)(=O)N(C)C)c2)o1. The highest BCUT2D eigenvalue weighted by atomic mass is 32.2. The Bertz CT molecular complexity index is 1130. The zero-order valence-corrected chi connectivity index (χ0v) is 21.6. The molecule has 0 spiro atoms. The minimum atomic E-state index is -3.63. The van der Waals surface area contributed by atoms with E-state index < -0.39 is 27.8 Å². The van der Waals surface area contributed by atoms with E-state index in [1.807, 2.05) is 0 Å². The first kappa shape index (κ1) is 29.0. The molecule has 0 aliphatic carbocycles. The number of carbonyl (C=O) groups excluding carboxylic acids is 3. The van der Waals surface area contributed by atoms with E-state index >= 15 is 0 Å². The fourth-order valence-electron chi connectivity index (χ4n) is 3.47. The highest BCUT2D eigenvalue weighted by Crippen LogP contribution is 2.25. The van der Waals surface area contributed by atoms with Gasteiger partial charge in [0.05, 0.1) is 24.0 Å². The van der Waals surface area contributed by atoms with Gasteiger partial charge in [0.25, 0.3) is 5.91 Å². The molecule has 0 bridgehead atoms. The van der Waals surface area contributed by atoms with Crippen LogP contribution in [0.3, 0.4) is 0 Å². The summed E-state index contributed by atoms with van der Waals surface area (Å²) in [4.78, 5) is 35.8. The Morgan fingerprint density at radius 2 is 1.86 bits per heavy atom. The first-order chi connectivity index (χ1) is 17.1. The van der Waals surface area contributed by atoms with Crippen LogP contribution >= 0.6 is 0 Å². The summed E-state index contributed by atoms with van der Waals surface area (Å²) in [5.41, 5.74) is 0.486.